The van der Waals surface area contributed by atoms with Gasteiger partial charge in [0.15, 0.2) is 5.82 Å². The van der Waals surface area contributed by atoms with E-state index in [1.807, 2.05) is 45.9 Å². The van der Waals surface area contributed by atoms with Crippen LogP contribution in [0.4, 0.5) is 9.59 Å². The lowest BCUT2D eigenvalue weighted by Gasteiger charge is -2.30. The number of aromatic nitrogens is 8. The van der Waals surface area contributed by atoms with Crippen molar-refractivity contribution in [3.05, 3.63) is 60.8 Å². The number of carbonyl (C=O) groups excluding carboxylic acids is 4. The zero-order chi connectivity index (χ0) is 41.1. The van der Waals surface area contributed by atoms with E-state index in [-0.39, 0.29) is 35.7 Å². The highest BCUT2D eigenvalue weighted by Crippen LogP contribution is 2.34. The lowest BCUT2D eigenvalue weighted by molar-refractivity contribution is -0.136. The number of nitrogens with one attached hydrogen (secondary N) is 4. The predicted octanol–water partition coefficient (Wildman–Crippen LogP) is 4.96. The monoisotopic (exact) mass is 792 g/mol. The molecule has 0 saturated carbocycles. The fourth-order valence-corrected chi connectivity index (χ4v) is 7.58. The molecule has 4 aromatic heterocycles. The second kappa shape index (κ2) is 17.0. The minimum Gasteiger partial charge on any atom is -0.453 e. The Morgan fingerprint density at radius 2 is 1.19 bits per heavy atom. The maximum atomic E-state index is 13.6. The average molecular weight is 793 g/mol. The normalized spacial score (nSPS) is 17.8. The molecule has 2 saturated heterocycles. The van der Waals surface area contributed by atoms with Crippen molar-refractivity contribution in [2.45, 2.75) is 77.5 Å². The summed E-state index contributed by atoms with van der Waals surface area (Å²) < 4.78 is 9.49. The van der Waals surface area contributed by atoms with E-state index in [9.17, 15) is 19.2 Å². The van der Waals surface area contributed by atoms with Crippen LogP contribution in [0.5, 0.6) is 0 Å². The molecule has 0 bridgehead atoms. The molecule has 18 nitrogen and oxygen atoms in total. The van der Waals surface area contributed by atoms with Crippen molar-refractivity contribution in [3.8, 4) is 34.0 Å². The number of amides is 4. The second-order valence-corrected chi connectivity index (χ2v) is 15.2. The van der Waals surface area contributed by atoms with Crippen LogP contribution in [0.25, 0.3) is 45.1 Å². The largest absolute Gasteiger partial charge is 0.453 e. The number of rotatable bonds is 11. The number of imidazole rings is 2. The Hall–Kier alpha value is -6.46. The molecule has 4 amide bonds. The predicted molar refractivity (Wildman–Crippen MR) is 211 cm³/mol. The number of H-pyrrole nitrogens is 2. The highest BCUT2D eigenvalue weighted by atomic mass is 16.5. The van der Waals surface area contributed by atoms with E-state index in [0.717, 1.165) is 36.9 Å². The molecule has 304 valence electrons. The molecule has 0 spiro atoms. The number of ether oxygens (including phenoxy) is 2. The molecule has 2 aliphatic heterocycles. The number of methoxy groups -OCH3 is 2. The maximum absolute atomic E-state index is 13.6. The first-order chi connectivity index (χ1) is 27.9. The van der Waals surface area contributed by atoms with Gasteiger partial charge in [0.25, 0.3) is 0 Å². The Balaban J connectivity index is 1.02. The van der Waals surface area contributed by atoms with Gasteiger partial charge in [-0.3, -0.25) is 14.6 Å². The van der Waals surface area contributed by atoms with Crippen LogP contribution in [-0.4, -0.2) is 113 Å². The molecular weight excluding hydrogens is 745 g/mol. The van der Waals surface area contributed by atoms with Gasteiger partial charge in [-0.15, -0.1) is 0 Å². The number of alkyl carbamates (subject to hydrolysis) is 2. The summed E-state index contributed by atoms with van der Waals surface area (Å²) in [6, 6.07) is 3.79. The van der Waals surface area contributed by atoms with Crippen molar-refractivity contribution in [2.24, 2.45) is 11.8 Å². The van der Waals surface area contributed by atoms with Gasteiger partial charge in [-0.05, 0) is 49.7 Å². The average Bonchev–Trinajstić information content (AvgIpc) is 4.07. The van der Waals surface area contributed by atoms with Gasteiger partial charge in [0, 0.05) is 36.6 Å². The topological polar surface area (TPSA) is 226 Å². The molecule has 4 N–H and O–H groups in total. The molecule has 0 aliphatic carbocycles. The summed E-state index contributed by atoms with van der Waals surface area (Å²) in [7, 11) is 2.55. The van der Waals surface area contributed by atoms with Gasteiger partial charge in [-0.1, -0.05) is 33.8 Å². The molecule has 2 fully saturated rings. The Kier molecular flexibility index (Phi) is 11.6. The Morgan fingerprint density at radius 3 is 1.69 bits per heavy atom. The summed E-state index contributed by atoms with van der Waals surface area (Å²) in [6.45, 7) is 8.66. The molecule has 6 heterocycles. The molecule has 7 rings (SSSR count). The standard InChI is InChI=1S/C40H48N12O6/c1-21(2)32(49-39(55)57-5)37(53)51-13-7-9-30(51)35-44-18-27(47-35)23-11-12-25-26(15-23)41-20-29(46-25)34-42-16-24(17-43-34)28-19-45-36(48-28)31-10-8-14-52(31)38(54)33(22(3)4)50-40(56)58-6/h11-12,15-22,30-33H,7-10,13-14H2,1-6H3,(H,44,47)(H,45,48)(H,49,55)(H,50,56). The Bertz CT molecular complexity index is 2290. The van der Waals surface area contributed by atoms with Gasteiger partial charge >= 0.3 is 12.2 Å². The molecule has 2 aliphatic rings. The van der Waals surface area contributed by atoms with Crippen molar-refractivity contribution >= 4 is 35.0 Å². The van der Waals surface area contributed by atoms with Crippen molar-refractivity contribution in [1.29, 1.82) is 0 Å². The summed E-state index contributed by atoms with van der Waals surface area (Å²) in [5.74, 6) is 1.13. The van der Waals surface area contributed by atoms with Gasteiger partial charge in [-0.2, -0.15) is 0 Å². The van der Waals surface area contributed by atoms with Gasteiger partial charge in [0.1, 0.15) is 29.4 Å². The summed E-state index contributed by atoms with van der Waals surface area (Å²) in [6.07, 6.45) is 10.3. The lowest BCUT2D eigenvalue weighted by Crippen LogP contribution is -2.51. The summed E-state index contributed by atoms with van der Waals surface area (Å²) >= 11 is 0. The van der Waals surface area contributed by atoms with Gasteiger partial charge < -0.3 is 39.9 Å². The highest BCUT2D eigenvalue weighted by molar-refractivity contribution is 5.87. The third kappa shape index (κ3) is 8.17. The Labute approximate surface area is 335 Å². The fourth-order valence-electron chi connectivity index (χ4n) is 7.58. The van der Waals surface area contributed by atoms with E-state index in [1.165, 1.54) is 14.2 Å². The highest BCUT2D eigenvalue weighted by Gasteiger charge is 2.39. The quantitative estimate of drug-likeness (QED) is 0.139. The first kappa shape index (κ1) is 39.8. The smallest absolute Gasteiger partial charge is 0.407 e. The van der Waals surface area contributed by atoms with Crippen molar-refractivity contribution in [2.75, 3.05) is 27.3 Å². The molecule has 4 atom stereocenters. The number of hydrogen-bond donors (Lipinski definition) is 4. The molecule has 18 heteroatoms. The van der Waals surface area contributed by atoms with E-state index in [1.54, 1.807) is 40.8 Å². The lowest BCUT2D eigenvalue weighted by atomic mass is 10.0. The molecule has 4 unspecified atom stereocenters. The molecular formula is C40H48N12O6. The summed E-state index contributed by atoms with van der Waals surface area (Å²) in [4.78, 5) is 89.2. The van der Waals surface area contributed by atoms with Crippen LogP contribution < -0.4 is 10.6 Å². The number of fused-ring (bicyclic) bond motifs is 1. The molecule has 5 aromatic rings. The number of benzene rings is 1. The van der Waals surface area contributed by atoms with Gasteiger partial charge in [0.05, 0.1) is 67.3 Å². The summed E-state index contributed by atoms with van der Waals surface area (Å²) in [5.41, 5.74) is 4.90. The van der Waals surface area contributed by atoms with Crippen LogP contribution in [0.1, 0.15) is 77.1 Å². The third-order valence-corrected chi connectivity index (χ3v) is 10.7. The molecule has 1 aromatic carbocycles. The van der Waals surface area contributed by atoms with Crippen molar-refractivity contribution < 1.29 is 28.7 Å². The maximum Gasteiger partial charge on any atom is 0.407 e. The van der Waals surface area contributed by atoms with E-state index in [0.29, 0.717) is 58.5 Å². The first-order valence-corrected chi connectivity index (χ1v) is 19.4. The third-order valence-electron chi connectivity index (χ3n) is 10.7. The zero-order valence-electron chi connectivity index (χ0n) is 33.4. The number of likely N-dealkylation sites (tertiary alicyclic amines) is 2. The van der Waals surface area contributed by atoms with Crippen LogP contribution in [0.2, 0.25) is 0 Å². The van der Waals surface area contributed by atoms with E-state index < -0.39 is 24.3 Å². The minimum absolute atomic E-state index is 0.126. The van der Waals surface area contributed by atoms with Crippen LogP contribution in [0, 0.1) is 11.8 Å². The Morgan fingerprint density at radius 1 is 0.672 bits per heavy atom. The molecule has 58 heavy (non-hydrogen) atoms. The van der Waals surface area contributed by atoms with Crippen molar-refractivity contribution in [3.63, 3.8) is 0 Å². The van der Waals surface area contributed by atoms with Gasteiger partial charge in [0.2, 0.25) is 11.8 Å². The van der Waals surface area contributed by atoms with Gasteiger partial charge in [-0.25, -0.2) is 34.5 Å². The second-order valence-electron chi connectivity index (χ2n) is 15.2. The van der Waals surface area contributed by atoms with E-state index in [2.05, 4.69) is 45.5 Å². The number of nitrogens with zero attached hydrogens (tertiary/aromatic N) is 8. The van der Waals surface area contributed by atoms with Crippen LogP contribution >= 0.6 is 0 Å². The number of aromatic amines is 2. The van der Waals surface area contributed by atoms with Crippen LogP contribution in [-0.2, 0) is 19.1 Å². The van der Waals surface area contributed by atoms with E-state index >= 15 is 0 Å². The number of hydrogen-bond acceptors (Lipinski definition) is 12. The fraction of sp³-hybridized carbons (Fsp3) is 0.450. The van der Waals surface area contributed by atoms with E-state index in [4.69, 9.17) is 14.5 Å². The van der Waals surface area contributed by atoms with Crippen LogP contribution in [0.15, 0.2) is 49.2 Å². The van der Waals surface area contributed by atoms with Crippen LogP contribution in [0.3, 0.4) is 0 Å². The minimum atomic E-state index is -0.718. The number of carbonyl (C=O) groups is 4. The summed E-state index contributed by atoms with van der Waals surface area (Å²) in [5, 5.41) is 5.35. The van der Waals surface area contributed by atoms with Crippen molar-refractivity contribution in [1.82, 2.24) is 60.3 Å². The zero-order valence-corrected chi connectivity index (χ0v) is 33.4. The SMILES string of the molecule is COC(=O)NC(C(=O)N1CCCC1c1ncc(-c2cnc(-c3cnc4cc(-c5cnc(C6CCCN6C(=O)C(NC(=O)OC)C(C)C)[nH]5)ccc4n3)nc2)[nH]1)C(C)C. The first-order valence-electron chi connectivity index (χ1n) is 19.4. The molecule has 0 radical (unpaired) electrons.